The Morgan fingerprint density at radius 2 is 1.96 bits per heavy atom. The van der Waals surface area contributed by atoms with Crippen LogP contribution in [0, 0.1) is 5.82 Å². The third-order valence-electron chi connectivity index (χ3n) is 3.43. The molecular weight excluding hydrogens is 363 g/mol. The lowest BCUT2D eigenvalue weighted by molar-refractivity contribution is 0.0977. The number of halogens is 2. The second-order valence-electron chi connectivity index (χ2n) is 5.40. The molecule has 0 heterocycles. The molecular formula is C18H18ClFN2O2S. The van der Waals surface area contributed by atoms with Crippen LogP contribution in [0.3, 0.4) is 0 Å². The van der Waals surface area contributed by atoms with Crippen molar-refractivity contribution in [3.8, 4) is 5.75 Å². The van der Waals surface area contributed by atoms with Gasteiger partial charge in [-0.1, -0.05) is 18.5 Å². The fraction of sp³-hybridized carbons (Fsp3) is 0.222. The number of rotatable bonds is 5. The topological polar surface area (TPSA) is 50.4 Å². The number of benzene rings is 2. The maximum atomic E-state index is 13.1. The average molecular weight is 381 g/mol. The van der Waals surface area contributed by atoms with Crippen LogP contribution in [0.1, 0.15) is 30.6 Å². The summed E-state index contributed by atoms with van der Waals surface area (Å²) in [6, 6.07) is 10.9. The summed E-state index contributed by atoms with van der Waals surface area (Å²) in [5.74, 6) is -0.185. The molecule has 0 saturated heterocycles. The van der Waals surface area contributed by atoms with Crippen LogP contribution in [-0.2, 0) is 0 Å². The monoisotopic (exact) mass is 380 g/mol. The van der Waals surface area contributed by atoms with Crippen LogP contribution in [-0.4, -0.2) is 17.1 Å². The van der Waals surface area contributed by atoms with Gasteiger partial charge in [-0.15, -0.1) is 0 Å². The summed E-state index contributed by atoms with van der Waals surface area (Å²) >= 11 is 10.8. The predicted molar refractivity (Wildman–Crippen MR) is 102 cm³/mol. The van der Waals surface area contributed by atoms with Crippen molar-refractivity contribution in [2.75, 3.05) is 5.32 Å². The highest BCUT2D eigenvalue weighted by Crippen LogP contribution is 2.19. The van der Waals surface area contributed by atoms with Crippen LogP contribution in [0.25, 0.3) is 0 Å². The summed E-state index contributed by atoms with van der Waals surface area (Å²) in [5, 5.41) is 5.39. The standard InChI is InChI=1S/C18H18ClFN2O2S/c1-3-11(2)24-14-7-4-12(5-8-14)17(23)22-18(25)21-13-6-9-16(20)15(19)10-13/h4-11H,3H2,1-2H3,(H2,21,22,23,25). The van der Waals surface area contributed by atoms with E-state index in [0.717, 1.165) is 6.42 Å². The molecule has 1 unspecified atom stereocenters. The van der Waals surface area contributed by atoms with Crippen molar-refractivity contribution < 1.29 is 13.9 Å². The van der Waals surface area contributed by atoms with E-state index in [1.54, 1.807) is 24.3 Å². The van der Waals surface area contributed by atoms with Gasteiger partial charge in [-0.25, -0.2) is 4.39 Å². The van der Waals surface area contributed by atoms with Crippen LogP contribution in [0.4, 0.5) is 10.1 Å². The molecule has 0 saturated carbocycles. The molecule has 2 rings (SSSR count). The summed E-state index contributed by atoms with van der Waals surface area (Å²) in [4.78, 5) is 12.2. The predicted octanol–water partition coefficient (Wildman–Crippen LogP) is 4.78. The molecule has 7 heteroatoms. The Morgan fingerprint density at radius 1 is 1.28 bits per heavy atom. The molecule has 0 aliphatic heterocycles. The first kappa shape index (κ1) is 19.1. The molecule has 0 fully saturated rings. The molecule has 0 aromatic heterocycles. The Balaban J connectivity index is 1.94. The number of hydrogen-bond donors (Lipinski definition) is 2. The Labute approximate surface area is 156 Å². The third-order valence-corrected chi connectivity index (χ3v) is 3.93. The number of carbonyl (C=O) groups is 1. The zero-order chi connectivity index (χ0) is 18.4. The maximum Gasteiger partial charge on any atom is 0.257 e. The molecule has 4 nitrogen and oxygen atoms in total. The number of carbonyl (C=O) groups excluding carboxylic acids is 1. The quantitative estimate of drug-likeness (QED) is 0.733. The lowest BCUT2D eigenvalue weighted by atomic mass is 10.2. The normalized spacial score (nSPS) is 11.5. The number of anilines is 1. The lowest BCUT2D eigenvalue weighted by Crippen LogP contribution is -2.34. The highest BCUT2D eigenvalue weighted by atomic mass is 35.5. The first-order valence-electron chi connectivity index (χ1n) is 7.73. The SMILES string of the molecule is CCC(C)Oc1ccc(C(=O)NC(=S)Nc2ccc(F)c(Cl)c2)cc1. The molecule has 1 amide bonds. The molecule has 25 heavy (non-hydrogen) atoms. The molecule has 2 N–H and O–H groups in total. The van der Waals surface area contributed by atoms with Crippen molar-refractivity contribution in [1.29, 1.82) is 0 Å². The number of ether oxygens (including phenoxy) is 1. The number of amides is 1. The molecule has 132 valence electrons. The zero-order valence-electron chi connectivity index (χ0n) is 13.8. The van der Waals surface area contributed by atoms with E-state index in [2.05, 4.69) is 10.6 Å². The van der Waals surface area contributed by atoms with Gasteiger partial charge < -0.3 is 10.1 Å². The van der Waals surface area contributed by atoms with Crippen molar-refractivity contribution in [1.82, 2.24) is 5.32 Å². The van der Waals surface area contributed by atoms with Gasteiger partial charge in [-0.3, -0.25) is 10.1 Å². The van der Waals surface area contributed by atoms with Gasteiger partial charge in [-0.05, 0) is 68.0 Å². The minimum Gasteiger partial charge on any atom is -0.491 e. The second-order valence-corrected chi connectivity index (χ2v) is 6.21. The summed E-state index contributed by atoms with van der Waals surface area (Å²) in [5.41, 5.74) is 0.923. The number of hydrogen-bond acceptors (Lipinski definition) is 3. The van der Waals surface area contributed by atoms with E-state index in [4.69, 9.17) is 28.6 Å². The van der Waals surface area contributed by atoms with E-state index >= 15 is 0 Å². The van der Waals surface area contributed by atoms with Crippen molar-refractivity contribution in [3.63, 3.8) is 0 Å². The number of nitrogens with one attached hydrogen (secondary N) is 2. The first-order chi connectivity index (χ1) is 11.9. The van der Waals surface area contributed by atoms with E-state index in [0.29, 0.717) is 17.0 Å². The first-order valence-corrected chi connectivity index (χ1v) is 8.51. The van der Waals surface area contributed by atoms with Gasteiger partial charge in [0, 0.05) is 11.3 Å². The molecule has 2 aromatic rings. The van der Waals surface area contributed by atoms with Crippen molar-refractivity contribution in [2.45, 2.75) is 26.4 Å². The highest BCUT2D eigenvalue weighted by molar-refractivity contribution is 7.80. The summed E-state index contributed by atoms with van der Waals surface area (Å²) in [6.07, 6.45) is 1.01. The molecule has 0 aliphatic rings. The van der Waals surface area contributed by atoms with Crippen LogP contribution in [0.5, 0.6) is 5.75 Å². The Bertz CT molecular complexity index is 768. The van der Waals surface area contributed by atoms with Crippen LogP contribution in [0.15, 0.2) is 42.5 Å². The van der Waals surface area contributed by atoms with Gasteiger partial charge in [0.05, 0.1) is 11.1 Å². The molecule has 0 aliphatic carbocycles. The van der Waals surface area contributed by atoms with E-state index in [9.17, 15) is 9.18 Å². The zero-order valence-corrected chi connectivity index (χ0v) is 15.4. The fourth-order valence-electron chi connectivity index (χ4n) is 1.91. The molecule has 0 spiro atoms. The van der Waals surface area contributed by atoms with Crippen molar-refractivity contribution >= 4 is 40.5 Å². The Kier molecular flexibility index (Phi) is 6.73. The van der Waals surface area contributed by atoms with E-state index in [1.165, 1.54) is 18.2 Å². The summed E-state index contributed by atoms with van der Waals surface area (Å²) < 4.78 is 18.8. The second kappa shape index (κ2) is 8.78. The van der Waals surface area contributed by atoms with E-state index in [-0.39, 0.29) is 22.1 Å². The molecule has 1 atom stereocenters. The van der Waals surface area contributed by atoms with Gasteiger partial charge in [0.1, 0.15) is 11.6 Å². The minimum atomic E-state index is -0.526. The van der Waals surface area contributed by atoms with Crippen molar-refractivity contribution in [3.05, 3.63) is 58.9 Å². The van der Waals surface area contributed by atoms with Gasteiger partial charge in [-0.2, -0.15) is 0 Å². The van der Waals surface area contributed by atoms with Crippen molar-refractivity contribution in [2.24, 2.45) is 0 Å². The van der Waals surface area contributed by atoms with Gasteiger partial charge in [0.25, 0.3) is 5.91 Å². The van der Waals surface area contributed by atoms with Gasteiger partial charge in [0.2, 0.25) is 0 Å². The molecule has 2 aromatic carbocycles. The van der Waals surface area contributed by atoms with Crippen LogP contribution in [0.2, 0.25) is 5.02 Å². The molecule has 0 bridgehead atoms. The number of thiocarbonyl (C=S) groups is 1. The Morgan fingerprint density at radius 3 is 2.56 bits per heavy atom. The minimum absolute atomic E-state index is 0.0315. The summed E-state index contributed by atoms with van der Waals surface area (Å²) in [7, 11) is 0. The van der Waals surface area contributed by atoms with E-state index < -0.39 is 5.82 Å². The summed E-state index contributed by atoms with van der Waals surface area (Å²) in [6.45, 7) is 4.02. The third kappa shape index (κ3) is 5.69. The van der Waals surface area contributed by atoms with Gasteiger partial charge in [0.15, 0.2) is 5.11 Å². The smallest absolute Gasteiger partial charge is 0.257 e. The van der Waals surface area contributed by atoms with Crippen LogP contribution < -0.4 is 15.4 Å². The molecule has 0 radical (unpaired) electrons. The maximum absolute atomic E-state index is 13.1. The Hall–Kier alpha value is -2.18. The average Bonchev–Trinajstić information content (AvgIpc) is 2.58. The fourth-order valence-corrected chi connectivity index (χ4v) is 2.30. The largest absolute Gasteiger partial charge is 0.491 e. The highest BCUT2D eigenvalue weighted by Gasteiger charge is 2.10. The van der Waals surface area contributed by atoms with E-state index in [1.807, 2.05) is 13.8 Å². The van der Waals surface area contributed by atoms with Crippen LogP contribution >= 0.6 is 23.8 Å². The van der Waals surface area contributed by atoms with Gasteiger partial charge >= 0.3 is 0 Å². The lowest BCUT2D eigenvalue weighted by Gasteiger charge is -2.13.